The van der Waals surface area contributed by atoms with Gasteiger partial charge in [0.1, 0.15) is 0 Å². The lowest BCUT2D eigenvalue weighted by Gasteiger charge is -2.16. The summed E-state index contributed by atoms with van der Waals surface area (Å²) in [4.78, 5) is 4.21. The Bertz CT molecular complexity index is 321. The first kappa shape index (κ1) is 13.7. The molecule has 1 N–H and O–H groups in total. The fourth-order valence-corrected chi connectivity index (χ4v) is 1.73. The third kappa shape index (κ3) is 5.00. The second-order valence-corrected chi connectivity index (χ2v) is 4.09. The summed E-state index contributed by atoms with van der Waals surface area (Å²) in [5, 5.41) is 3.52. The van der Waals surface area contributed by atoms with Gasteiger partial charge >= 0.3 is 0 Å². The maximum atomic E-state index is 5.04. The first-order valence-electron chi connectivity index (χ1n) is 6.13. The lowest BCUT2D eigenvalue weighted by Crippen LogP contribution is -2.31. The molecule has 1 rings (SSSR count). The van der Waals surface area contributed by atoms with Crippen molar-refractivity contribution in [3.63, 3.8) is 0 Å². The van der Waals surface area contributed by atoms with E-state index < -0.39 is 0 Å². The van der Waals surface area contributed by atoms with Crippen LogP contribution in [0.4, 0.5) is 0 Å². The molecule has 1 atom stereocenters. The van der Waals surface area contributed by atoms with Crippen LogP contribution < -0.4 is 10.1 Å². The van der Waals surface area contributed by atoms with Gasteiger partial charge in [0.25, 0.3) is 0 Å². The highest BCUT2D eigenvalue weighted by Crippen LogP contribution is 2.10. The predicted octanol–water partition coefficient (Wildman–Crippen LogP) is 2.58. The standard InChI is InChI=1S/C14H22N2O/c1-4-6-13(15-9-5-2)10-12-7-8-14(17-3)16-11-12/h4,7-8,11,13,15H,1,5-6,9-10H2,2-3H3. The molecular formula is C14H22N2O. The van der Waals surface area contributed by atoms with Crippen molar-refractivity contribution in [2.24, 2.45) is 0 Å². The van der Waals surface area contributed by atoms with E-state index in [4.69, 9.17) is 4.74 Å². The molecule has 1 aromatic heterocycles. The van der Waals surface area contributed by atoms with Crippen molar-refractivity contribution in [2.45, 2.75) is 32.2 Å². The molecule has 0 saturated heterocycles. The molecule has 1 unspecified atom stereocenters. The van der Waals surface area contributed by atoms with Gasteiger partial charge in [0.05, 0.1) is 7.11 Å². The van der Waals surface area contributed by atoms with Crippen LogP contribution in [0, 0.1) is 0 Å². The minimum absolute atomic E-state index is 0.447. The van der Waals surface area contributed by atoms with Gasteiger partial charge in [-0.2, -0.15) is 0 Å². The van der Waals surface area contributed by atoms with Crippen molar-refractivity contribution in [2.75, 3.05) is 13.7 Å². The van der Waals surface area contributed by atoms with E-state index in [1.54, 1.807) is 7.11 Å². The third-order valence-electron chi connectivity index (χ3n) is 2.62. The maximum Gasteiger partial charge on any atom is 0.212 e. The van der Waals surface area contributed by atoms with Crippen molar-refractivity contribution in [1.29, 1.82) is 0 Å². The van der Waals surface area contributed by atoms with Gasteiger partial charge in [-0.1, -0.05) is 19.1 Å². The first-order chi connectivity index (χ1) is 8.30. The van der Waals surface area contributed by atoms with Crippen molar-refractivity contribution in [1.82, 2.24) is 10.3 Å². The summed E-state index contributed by atoms with van der Waals surface area (Å²) < 4.78 is 5.04. The Balaban J connectivity index is 2.54. The highest BCUT2D eigenvalue weighted by Gasteiger charge is 2.07. The Hall–Kier alpha value is -1.35. The number of nitrogens with zero attached hydrogens (tertiary/aromatic N) is 1. The monoisotopic (exact) mass is 234 g/mol. The van der Waals surface area contributed by atoms with Crippen LogP contribution in [-0.2, 0) is 6.42 Å². The average molecular weight is 234 g/mol. The molecule has 3 nitrogen and oxygen atoms in total. The highest BCUT2D eigenvalue weighted by molar-refractivity contribution is 5.18. The fraction of sp³-hybridized carbons (Fsp3) is 0.500. The zero-order chi connectivity index (χ0) is 12.5. The summed E-state index contributed by atoms with van der Waals surface area (Å²) in [6.45, 7) is 7.02. The van der Waals surface area contributed by atoms with Crippen LogP contribution >= 0.6 is 0 Å². The van der Waals surface area contributed by atoms with Gasteiger partial charge in [-0.15, -0.1) is 6.58 Å². The van der Waals surface area contributed by atoms with Gasteiger partial charge in [0.2, 0.25) is 5.88 Å². The second kappa shape index (κ2) is 7.85. The van der Waals surface area contributed by atoms with Crippen molar-refractivity contribution < 1.29 is 4.74 Å². The Morgan fingerprint density at radius 1 is 1.53 bits per heavy atom. The molecule has 94 valence electrons. The fourth-order valence-electron chi connectivity index (χ4n) is 1.73. The summed E-state index contributed by atoms with van der Waals surface area (Å²) in [5.41, 5.74) is 1.22. The van der Waals surface area contributed by atoms with E-state index in [-0.39, 0.29) is 0 Å². The van der Waals surface area contributed by atoms with E-state index in [0.717, 1.165) is 25.8 Å². The number of aromatic nitrogens is 1. The van der Waals surface area contributed by atoms with Crippen molar-refractivity contribution >= 4 is 0 Å². The molecule has 0 radical (unpaired) electrons. The molecule has 0 fully saturated rings. The van der Waals surface area contributed by atoms with Crippen LogP contribution in [0.1, 0.15) is 25.3 Å². The van der Waals surface area contributed by atoms with Gasteiger partial charge in [0, 0.05) is 18.3 Å². The minimum Gasteiger partial charge on any atom is -0.481 e. The Labute approximate surface area is 104 Å². The maximum absolute atomic E-state index is 5.04. The van der Waals surface area contributed by atoms with Crippen LogP contribution in [0.3, 0.4) is 0 Å². The zero-order valence-corrected chi connectivity index (χ0v) is 10.8. The smallest absolute Gasteiger partial charge is 0.212 e. The van der Waals surface area contributed by atoms with Gasteiger partial charge in [-0.05, 0) is 31.4 Å². The molecule has 3 heteroatoms. The van der Waals surface area contributed by atoms with E-state index in [1.165, 1.54) is 5.56 Å². The normalized spacial score (nSPS) is 12.1. The van der Waals surface area contributed by atoms with E-state index in [0.29, 0.717) is 11.9 Å². The summed E-state index contributed by atoms with van der Waals surface area (Å²) in [7, 11) is 1.63. The lowest BCUT2D eigenvalue weighted by molar-refractivity contribution is 0.397. The number of rotatable bonds is 8. The lowest BCUT2D eigenvalue weighted by atomic mass is 10.0. The molecule has 0 aromatic carbocycles. The molecule has 0 aliphatic rings. The molecule has 17 heavy (non-hydrogen) atoms. The van der Waals surface area contributed by atoms with Crippen LogP contribution in [0.2, 0.25) is 0 Å². The summed E-state index contributed by atoms with van der Waals surface area (Å²) in [6, 6.07) is 4.41. The quantitative estimate of drug-likeness (QED) is 0.702. The molecule has 1 heterocycles. The van der Waals surface area contributed by atoms with E-state index >= 15 is 0 Å². The highest BCUT2D eigenvalue weighted by atomic mass is 16.5. The molecule has 0 aliphatic heterocycles. The minimum atomic E-state index is 0.447. The summed E-state index contributed by atoms with van der Waals surface area (Å²) in [6.07, 6.45) is 6.94. The molecular weight excluding hydrogens is 212 g/mol. The molecule has 0 amide bonds. The molecule has 0 saturated carbocycles. The number of hydrogen-bond acceptors (Lipinski definition) is 3. The molecule has 0 aliphatic carbocycles. The largest absolute Gasteiger partial charge is 0.481 e. The van der Waals surface area contributed by atoms with Crippen LogP contribution in [-0.4, -0.2) is 24.7 Å². The van der Waals surface area contributed by atoms with Crippen LogP contribution in [0.5, 0.6) is 5.88 Å². The number of hydrogen-bond donors (Lipinski definition) is 1. The molecule has 1 aromatic rings. The van der Waals surface area contributed by atoms with E-state index in [9.17, 15) is 0 Å². The first-order valence-corrected chi connectivity index (χ1v) is 6.13. The third-order valence-corrected chi connectivity index (χ3v) is 2.62. The van der Waals surface area contributed by atoms with Gasteiger partial charge in [-0.3, -0.25) is 0 Å². The van der Waals surface area contributed by atoms with Crippen molar-refractivity contribution in [3.05, 3.63) is 36.5 Å². The summed E-state index contributed by atoms with van der Waals surface area (Å²) in [5.74, 6) is 0.663. The van der Waals surface area contributed by atoms with Crippen LogP contribution in [0.25, 0.3) is 0 Å². The Kier molecular flexibility index (Phi) is 6.33. The number of ether oxygens (including phenoxy) is 1. The summed E-state index contributed by atoms with van der Waals surface area (Å²) >= 11 is 0. The molecule has 0 spiro atoms. The predicted molar refractivity (Wildman–Crippen MR) is 71.4 cm³/mol. The van der Waals surface area contributed by atoms with E-state index in [2.05, 4.69) is 29.9 Å². The Morgan fingerprint density at radius 2 is 2.35 bits per heavy atom. The van der Waals surface area contributed by atoms with Gasteiger partial charge in [-0.25, -0.2) is 4.98 Å². The Morgan fingerprint density at radius 3 is 2.88 bits per heavy atom. The number of methoxy groups -OCH3 is 1. The topological polar surface area (TPSA) is 34.1 Å². The molecule has 0 bridgehead atoms. The van der Waals surface area contributed by atoms with Gasteiger partial charge < -0.3 is 10.1 Å². The number of nitrogens with one attached hydrogen (secondary N) is 1. The SMILES string of the molecule is C=CCC(Cc1ccc(OC)nc1)NCCC. The number of pyridine rings is 1. The zero-order valence-electron chi connectivity index (χ0n) is 10.8. The van der Waals surface area contributed by atoms with Crippen molar-refractivity contribution in [3.8, 4) is 5.88 Å². The van der Waals surface area contributed by atoms with Crippen LogP contribution in [0.15, 0.2) is 31.0 Å². The second-order valence-electron chi connectivity index (χ2n) is 4.09. The van der Waals surface area contributed by atoms with E-state index in [1.807, 2.05) is 18.3 Å². The van der Waals surface area contributed by atoms with Gasteiger partial charge in [0.15, 0.2) is 0 Å². The average Bonchev–Trinajstić information content (AvgIpc) is 2.37.